The second kappa shape index (κ2) is 6.82. The van der Waals surface area contributed by atoms with E-state index in [2.05, 4.69) is 10.0 Å². The normalized spacial score (nSPS) is 12.6. The number of benzene rings is 1. The zero-order valence-corrected chi connectivity index (χ0v) is 14.7. The molecule has 0 spiro atoms. The van der Waals surface area contributed by atoms with E-state index in [0.29, 0.717) is 4.34 Å². The van der Waals surface area contributed by atoms with Gasteiger partial charge in [0, 0.05) is 0 Å². The van der Waals surface area contributed by atoms with E-state index in [9.17, 15) is 8.42 Å². The highest BCUT2D eigenvalue weighted by atomic mass is 35.5. The van der Waals surface area contributed by atoms with Gasteiger partial charge in [0.2, 0.25) is 0 Å². The number of anilines is 1. The lowest BCUT2D eigenvalue weighted by molar-refractivity contribution is 0.593. The molecule has 1 aromatic carbocycles. The van der Waals surface area contributed by atoms with Gasteiger partial charge in [-0.25, -0.2) is 8.42 Å². The fraction of sp³-hybridized carbons (Fsp3) is 0.154. The van der Waals surface area contributed by atoms with Crippen LogP contribution < -0.4 is 15.8 Å². The fourth-order valence-corrected chi connectivity index (χ4v) is 4.92. The first-order valence-electron chi connectivity index (χ1n) is 6.22. The van der Waals surface area contributed by atoms with Crippen LogP contribution in [0.5, 0.6) is 0 Å². The average Bonchev–Trinajstić information content (AvgIpc) is 2.79. The van der Waals surface area contributed by atoms with Crippen molar-refractivity contribution in [1.82, 2.24) is 10.0 Å². The molecule has 1 unspecified atom stereocenters. The van der Waals surface area contributed by atoms with E-state index in [1.807, 2.05) is 37.3 Å². The number of halogens is 1. The smallest absolute Gasteiger partial charge is 0.275 e. The van der Waals surface area contributed by atoms with Gasteiger partial charge in [-0.15, -0.1) is 11.3 Å². The minimum atomic E-state index is -3.84. The molecule has 0 bridgehead atoms. The van der Waals surface area contributed by atoms with Crippen molar-refractivity contribution in [2.75, 3.05) is 5.73 Å². The number of hydrogen-bond donors (Lipinski definition) is 3. The number of nitrogens with one attached hydrogen (secondary N) is 2. The van der Waals surface area contributed by atoms with E-state index >= 15 is 0 Å². The second-order valence-corrected chi connectivity index (χ2v) is 8.47. The lowest BCUT2D eigenvalue weighted by Gasteiger charge is -2.17. The molecule has 9 heteroatoms. The van der Waals surface area contributed by atoms with E-state index in [1.54, 1.807) is 0 Å². The van der Waals surface area contributed by atoms with Crippen LogP contribution in [0.1, 0.15) is 18.5 Å². The van der Waals surface area contributed by atoms with Crippen LogP contribution in [0, 0.1) is 0 Å². The summed E-state index contributed by atoms with van der Waals surface area (Å²) in [5, 5.41) is 2.92. The molecule has 2 aromatic rings. The Bertz CT molecular complexity index is 775. The molecule has 0 fully saturated rings. The monoisotopic (exact) mass is 375 g/mol. The number of nitrogen functional groups attached to an aromatic ring is 1. The number of rotatable bonds is 4. The van der Waals surface area contributed by atoms with Gasteiger partial charge >= 0.3 is 0 Å². The summed E-state index contributed by atoms with van der Waals surface area (Å²) in [6, 6.07) is 10.8. The van der Waals surface area contributed by atoms with E-state index in [1.165, 1.54) is 6.07 Å². The molecule has 0 saturated heterocycles. The molecular weight excluding hydrogens is 362 g/mol. The third-order valence-electron chi connectivity index (χ3n) is 2.81. The van der Waals surface area contributed by atoms with Crippen LogP contribution in [0.4, 0.5) is 5.69 Å². The molecule has 1 atom stereocenters. The van der Waals surface area contributed by atoms with E-state index in [-0.39, 0.29) is 21.1 Å². The average molecular weight is 376 g/mol. The largest absolute Gasteiger partial charge is 0.397 e. The van der Waals surface area contributed by atoms with Gasteiger partial charge in [-0.05, 0) is 30.8 Å². The highest BCUT2D eigenvalue weighted by Gasteiger charge is 2.22. The Morgan fingerprint density at radius 2 is 2.00 bits per heavy atom. The molecule has 0 aliphatic heterocycles. The van der Waals surface area contributed by atoms with Gasteiger partial charge in [0.1, 0.15) is 0 Å². The molecule has 1 heterocycles. The van der Waals surface area contributed by atoms with Crippen molar-refractivity contribution in [3.63, 3.8) is 0 Å². The van der Waals surface area contributed by atoms with Crippen molar-refractivity contribution in [2.45, 2.75) is 17.2 Å². The number of nitrogens with two attached hydrogens (primary N) is 1. The molecule has 1 aromatic heterocycles. The maximum Gasteiger partial charge on any atom is 0.275 e. The topological polar surface area (TPSA) is 84.2 Å². The molecule has 0 saturated carbocycles. The molecule has 5 nitrogen and oxygen atoms in total. The summed E-state index contributed by atoms with van der Waals surface area (Å²) in [7, 11) is -3.84. The van der Waals surface area contributed by atoms with Crippen LogP contribution in [-0.4, -0.2) is 13.5 Å². The second-order valence-electron chi connectivity index (χ2n) is 4.50. The molecular formula is C13H14ClN3O2S3. The summed E-state index contributed by atoms with van der Waals surface area (Å²) >= 11 is 11.7. The van der Waals surface area contributed by atoms with E-state index in [4.69, 9.17) is 29.6 Å². The molecule has 0 aliphatic carbocycles. The summed E-state index contributed by atoms with van der Waals surface area (Å²) in [5.41, 5.74) is 6.73. The predicted octanol–water partition coefficient (Wildman–Crippen LogP) is 2.90. The molecule has 4 N–H and O–H groups in total. The van der Waals surface area contributed by atoms with Crippen molar-refractivity contribution in [3.05, 3.63) is 46.3 Å². The zero-order valence-electron chi connectivity index (χ0n) is 11.5. The van der Waals surface area contributed by atoms with Gasteiger partial charge in [-0.2, -0.15) is 0 Å². The van der Waals surface area contributed by atoms with Crippen LogP contribution in [-0.2, 0) is 10.0 Å². The van der Waals surface area contributed by atoms with Gasteiger partial charge in [-0.1, -0.05) is 41.9 Å². The van der Waals surface area contributed by atoms with Crippen molar-refractivity contribution in [3.8, 4) is 0 Å². The van der Waals surface area contributed by atoms with Crippen molar-refractivity contribution >= 4 is 56.0 Å². The summed E-state index contributed by atoms with van der Waals surface area (Å²) in [6.45, 7) is 1.88. The molecule has 0 aliphatic rings. The Hall–Kier alpha value is -1.35. The standard InChI is InChI=1S/C13H14ClN3O2S3/c1-8(9-5-3-2-4-6-9)16-13(20)17-22(18,19)12-10(15)7-11(14)21-12/h2-8H,15H2,1H3,(H2,16,17,20). The zero-order chi connectivity index (χ0) is 16.3. The van der Waals surface area contributed by atoms with Crippen molar-refractivity contribution in [1.29, 1.82) is 0 Å². The SMILES string of the molecule is CC(NC(=S)NS(=O)(=O)c1sc(Cl)cc1N)c1ccccc1. The number of thiocarbonyl (C=S) groups is 1. The molecule has 22 heavy (non-hydrogen) atoms. The third kappa shape index (κ3) is 4.10. The van der Waals surface area contributed by atoms with Gasteiger partial charge in [0.15, 0.2) is 9.32 Å². The highest BCUT2D eigenvalue weighted by molar-refractivity contribution is 7.93. The van der Waals surface area contributed by atoms with Crippen LogP contribution in [0.15, 0.2) is 40.6 Å². The van der Waals surface area contributed by atoms with E-state index in [0.717, 1.165) is 16.9 Å². The maximum absolute atomic E-state index is 12.2. The summed E-state index contributed by atoms with van der Waals surface area (Å²) in [5.74, 6) is 0. The first-order valence-corrected chi connectivity index (χ1v) is 9.31. The third-order valence-corrected chi connectivity index (χ3v) is 6.34. The Kier molecular flexibility index (Phi) is 5.28. The van der Waals surface area contributed by atoms with Crippen LogP contribution in [0.25, 0.3) is 0 Å². The van der Waals surface area contributed by atoms with Crippen LogP contribution >= 0.6 is 35.2 Å². The Labute approximate surface area is 143 Å². The lowest BCUT2D eigenvalue weighted by atomic mass is 10.1. The first-order chi connectivity index (χ1) is 10.3. The first kappa shape index (κ1) is 17.0. The summed E-state index contributed by atoms with van der Waals surface area (Å²) < 4.78 is 27.0. The molecule has 0 amide bonds. The van der Waals surface area contributed by atoms with Crippen molar-refractivity contribution < 1.29 is 8.42 Å². The van der Waals surface area contributed by atoms with Gasteiger partial charge in [0.25, 0.3) is 10.0 Å². The van der Waals surface area contributed by atoms with Gasteiger partial charge < -0.3 is 11.1 Å². The minimum absolute atomic E-state index is 0.000255. The lowest BCUT2D eigenvalue weighted by Crippen LogP contribution is -2.40. The highest BCUT2D eigenvalue weighted by Crippen LogP contribution is 2.32. The Balaban J connectivity index is 2.07. The Morgan fingerprint density at radius 1 is 1.36 bits per heavy atom. The van der Waals surface area contributed by atoms with Gasteiger partial charge in [-0.3, -0.25) is 4.72 Å². The number of hydrogen-bond acceptors (Lipinski definition) is 5. The summed E-state index contributed by atoms with van der Waals surface area (Å²) in [4.78, 5) is 0. The van der Waals surface area contributed by atoms with Crippen LogP contribution in [0.3, 0.4) is 0 Å². The fourth-order valence-electron chi connectivity index (χ4n) is 1.79. The Morgan fingerprint density at radius 3 is 2.55 bits per heavy atom. The number of sulfonamides is 1. The predicted molar refractivity (Wildman–Crippen MR) is 94.7 cm³/mol. The quantitative estimate of drug-likeness (QED) is 0.715. The van der Waals surface area contributed by atoms with Crippen LogP contribution in [0.2, 0.25) is 4.34 Å². The minimum Gasteiger partial charge on any atom is -0.397 e. The molecule has 118 valence electrons. The van der Waals surface area contributed by atoms with Gasteiger partial charge in [0.05, 0.1) is 16.1 Å². The molecule has 2 rings (SSSR count). The maximum atomic E-state index is 12.2. The number of thiophene rings is 1. The van der Waals surface area contributed by atoms with Crippen molar-refractivity contribution in [2.24, 2.45) is 0 Å². The molecule has 0 radical (unpaired) electrons. The summed E-state index contributed by atoms with van der Waals surface area (Å²) in [6.07, 6.45) is 0. The van der Waals surface area contributed by atoms with E-state index < -0.39 is 10.0 Å².